The quantitative estimate of drug-likeness (QED) is 0.683. The SMILES string of the molecule is CCCC[C@@H]1C=C(C(=O)O)C[C@H](N)[C@H]1NC(C)=O. The Morgan fingerprint density at radius 1 is 1.56 bits per heavy atom. The summed E-state index contributed by atoms with van der Waals surface area (Å²) < 4.78 is 0. The smallest absolute Gasteiger partial charge is 0.331 e. The molecule has 0 aromatic rings. The lowest BCUT2D eigenvalue weighted by molar-refractivity contribution is -0.133. The lowest BCUT2D eigenvalue weighted by Crippen LogP contribution is -2.53. The molecule has 0 aromatic heterocycles. The lowest BCUT2D eigenvalue weighted by atomic mass is 9.80. The van der Waals surface area contributed by atoms with Gasteiger partial charge in [0.1, 0.15) is 0 Å². The summed E-state index contributed by atoms with van der Waals surface area (Å²) in [6, 6.07) is -0.482. The number of hydrogen-bond donors (Lipinski definition) is 3. The zero-order valence-electron chi connectivity index (χ0n) is 11.0. The summed E-state index contributed by atoms with van der Waals surface area (Å²) in [6.45, 7) is 3.54. The molecule has 0 heterocycles. The van der Waals surface area contributed by atoms with E-state index in [1.807, 2.05) is 0 Å². The zero-order valence-corrected chi connectivity index (χ0v) is 11.0. The van der Waals surface area contributed by atoms with Crippen molar-refractivity contribution in [2.45, 2.75) is 51.6 Å². The first kappa shape index (κ1) is 14.7. The van der Waals surface area contributed by atoms with Gasteiger partial charge in [-0.05, 0) is 18.8 Å². The Morgan fingerprint density at radius 2 is 2.22 bits per heavy atom. The molecule has 0 saturated carbocycles. The molecule has 5 nitrogen and oxygen atoms in total. The van der Waals surface area contributed by atoms with Crippen molar-refractivity contribution in [2.75, 3.05) is 0 Å². The fraction of sp³-hybridized carbons (Fsp3) is 0.692. The van der Waals surface area contributed by atoms with Gasteiger partial charge in [0.2, 0.25) is 5.91 Å². The van der Waals surface area contributed by atoms with E-state index in [-0.39, 0.29) is 23.9 Å². The maximum Gasteiger partial charge on any atom is 0.331 e. The number of carbonyl (C=O) groups excluding carboxylic acids is 1. The molecule has 1 rings (SSSR count). The minimum atomic E-state index is -0.909. The molecule has 0 bridgehead atoms. The van der Waals surface area contributed by atoms with E-state index in [1.54, 1.807) is 6.08 Å². The van der Waals surface area contributed by atoms with Crippen molar-refractivity contribution >= 4 is 11.9 Å². The van der Waals surface area contributed by atoms with E-state index in [0.717, 1.165) is 19.3 Å². The van der Waals surface area contributed by atoms with Crippen LogP contribution in [0, 0.1) is 5.92 Å². The van der Waals surface area contributed by atoms with Crippen LogP contribution >= 0.6 is 0 Å². The van der Waals surface area contributed by atoms with Gasteiger partial charge >= 0.3 is 5.97 Å². The molecule has 0 saturated heterocycles. The van der Waals surface area contributed by atoms with Gasteiger partial charge in [-0.3, -0.25) is 4.79 Å². The molecule has 0 aromatic carbocycles. The Balaban J connectivity index is 2.87. The van der Waals surface area contributed by atoms with Gasteiger partial charge in [-0.15, -0.1) is 0 Å². The number of nitrogens with two attached hydrogens (primary N) is 1. The first-order valence-corrected chi connectivity index (χ1v) is 6.42. The second-order valence-electron chi connectivity index (χ2n) is 4.90. The van der Waals surface area contributed by atoms with E-state index < -0.39 is 5.97 Å². The summed E-state index contributed by atoms with van der Waals surface area (Å²) in [5.41, 5.74) is 6.36. The third-order valence-corrected chi connectivity index (χ3v) is 3.33. The van der Waals surface area contributed by atoms with Crippen LogP contribution < -0.4 is 11.1 Å². The van der Waals surface area contributed by atoms with Gasteiger partial charge < -0.3 is 16.2 Å². The van der Waals surface area contributed by atoms with Crippen LogP contribution in [0.4, 0.5) is 0 Å². The van der Waals surface area contributed by atoms with E-state index in [9.17, 15) is 9.59 Å². The molecular formula is C13H22N2O3. The normalized spacial score (nSPS) is 27.5. The van der Waals surface area contributed by atoms with E-state index in [4.69, 9.17) is 10.8 Å². The summed E-state index contributed by atoms with van der Waals surface area (Å²) in [5, 5.41) is 11.9. The Labute approximate surface area is 107 Å². The number of aliphatic carboxylic acids is 1. The highest BCUT2D eigenvalue weighted by Crippen LogP contribution is 2.27. The van der Waals surface area contributed by atoms with Crippen molar-refractivity contribution in [1.82, 2.24) is 5.32 Å². The highest BCUT2D eigenvalue weighted by atomic mass is 16.4. The average Bonchev–Trinajstić information content (AvgIpc) is 2.28. The summed E-state index contributed by atoms with van der Waals surface area (Å²) in [5.74, 6) is -1.01. The standard InChI is InChI=1S/C13H22N2O3/c1-3-4-5-9-6-10(13(17)18)7-11(14)12(9)15-8(2)16/h6,9,11-12H,3-5,7,14H2,1-2H3,(H,15,16)(H,17,18)/t9-,11+,12+/m1/s1. The molecule has 0 spiro atoms. The second-order valence-corrected chi connectivity index (χ2v) is 4.90. The van der Waals surface area contributed by atoms with Crippen molar-refractivity contribution in [3.63, 3.8) is 0 Å². The number of amides is 1. The molecule has 4 N–H and O–H groups in total. The fourth-order valence-electron chi connectivity index (χ4n) is 2.44. The van der Waals surface area contributed by atoms with E-state index >= 15 is 0 Å². The van der Waals surface area contributed by atoms with Crippen LogP contribution in [0.1, 0.15) is 39.5 Å². The molecule has 0 fully saturated rings. The number of unbranched alkanes of at least 4 members (excludes halogenated alkanes) is 1. The number of rotatable bonds is 5. The van der Waals surface area contributed by atoms with Crippen LogP contribution in [0.3, 0.4) is 0 Å². The van der Waals surface area contributed by atoms with Gasteiger partial charge in [-0.1, -0.05) is 25.8 Å². The lowest BCUT2D eigenvalue weighted by Gasteiger charge is -2.34. The monoisotopic (exact) mass is 254 g/mol. The van der Waals surface area contributed by atoms with Gasteiger partial charge in [0.05, 0.1) is 6.04 Å². The Hall–Kier alpha value is -1.36. The maximum atomic E-state index is 11.2. The van der Waals surface area contributed by atoms with Crippen LogP contribution in [0.15, 0.2) is 11.6 Å². The molecule has 1 aliphatic rings. The van der Waals surface area contributed by atoms with Crippen molar-refractivity contribution in [3.05, 3.63) is 11.6 Å². The van der Waals surface area contributed by atoms with Crippen molar-refractivity contribution in [1.29, 1.82) is 0 Å². The van der Waals surface area contributed by atoms with Gasteiger partial charge in [-0.2, -0.15) is 0 Å². The van der Waals surface area contributed by atoms with Gasteiger partial charge in [0, 0.05) is 18.5 Å². The molecule has 1 aliphatic carbocycles. The molecule has 0 radical (unpaired) electrons. The number of carbonyl (C=O) groups is 2. The third kappa shape index (κ3) is 3.84. The van der Waals surface area contributed by atoms with Crippen LogP contribution in [0.2, 0.25) is 0 Å². The minimum absolute atomic E-state index is 0.0173. The molecule has 1 amide bonds. The Kier molecular flexibility index (Phi) is 5.34. The predicted molar refractivity (Wildman–Crippen MR) is 68.9 cm³/mol. The Morgan fingerprint density at radius 3 is 2.72 bits per heavy atom. The largest absolute Gasteiger partial charge is 0.478 e. The van der Waals surface area contributed by atoms with Gasteiger partial charge in [0.25, 0.3) is 0 Å². The highest BCUT2D eigenvalue weighted by Gasteiger charge is 2.33. The molecule has 0 unspecified atom stereocenters. The maximum absolute atomic E-state index is 11.2. The van der Waals surface area contributed by atoms with Crippen molar-refractivity contribution in [3.8, 4) is 0 Å². The summed E-state index contributed by atoms with van der Waals surface area (Å²) >= 11 is 0. The summed E-state index contributed by atoms with van der Waals surface area (Å²) in [4.78, 5) is 22.2. The topological polar surface area (TPSA) is 92.4 Å². The number of nitrogens with one attached hydrogen (secondary N) is 1. The molecule has 3 atom stereocenters. The van der Waals surface area contributed by atoms with Crippen LogP contribution in [0.5, 0.6) is 0 Å². The average molecular weight is 254 g/mol. The van der Waals surface area contributed by atoms with E-state index in [1.165, 1.54) is 6.92 Å². The predicted octanol–water partition coefficient (Wildman–Crippen LogP) is 1.04. The summed E-state index contributed by atoms with van der Waals surface area (Å²) in [7, 11) is 0. The number of carboxylic acids is 1. The first-order valence-electron chi connectivity index (χ1n) is 6.42. The molecule has 102 valence electrons. The van der Waals surface area contributed by atoms with Crippen molar-refractivity contribution in [2.24, 2.45) is 11.7 Å². The summed E-state index contributed by atoms with van der Waals surface area (Å²) in [6.07, 6.45) is 4.96. The fourth-order valence-corrected chi connectivity index (χ4v) is 2.44. The highest BCUT2D eigenvalue weighted by molar-refractivity contribution is 5.87. The molecule has 18 heavy (non-hydrogen) atoms. The number of hydrogen-bond acceptors (Lipinski definition) is 3. The molecular weight excluding hydrogens is 232 g/mol. The van der Waals surface area contributed by atoms with Gasteiger partial charge in [0.15, 0.2) is 0 Å². The molecule has 0 aliphatic heterocycles. The van der Waals surface area contributed by atoms with Crippen LogP contribution in [-0.4, -0.2) is 29.1 Å². The minimum Gasteiger partial charge on any atom is -0.478 e. The van der Waals surface area contributed by atoms with Gasteiger partial charge in [-0.25, -0.2) is 4.79 Å². The van der Waals surface area contributed by atoms with Crippen LogP contribution in [0.25, 0.3) is 0 Å². The second kappa shape index (κ2) is 6.54. The van der Waals surface area contributed by atoms with E-state index in [2.05, 4.69) is 12.2 Å². The first-order chi connectivity index (χ1) is 8.45. The zero-order chi connectivity index (χ0) is 13.7. The van der Waals surface area contributed by atoms with Crippen molar-refractivity contribution < 1.29 is 14.7 Å². The third-order valence-electron chi connectivity index (χ3n) is 3.33. The number of carboxylic acid groups (broad SMARTS) is 1. The molecule has 5 heteroatoms. The van der Waals surface area contributed by atoms with Crippen LogP contribution in [-0.2, 0) is 9.59 Å². The van der Waals surface area contributed by atoms with E-state index in [0.29, 0.717) is 12.0 Å². The Bertz CT molecular complexity index is 352.